The molecule has 9 unspecified atom stereocenters. The highest BCUT2D eigenvalue weighted by atomic mass is 16.8. The van der Waals surface area contributed by atoms with Gasteiger partial charge in [-0.05, 0) is 20.5 Å². The van der Waals surface area contributed by atoms with Crippen molar-refractivity contribution in [2.75, 3.05) is 14.1 Å². The zero-order valence-electron chi connectivity index (χ0n) is 15.4. The molecule has 1 aliphatic carbocycles. The van der Waals surface area contributed by atoms with Crippen molar-refractivity contribution in [1.29, 1.82) is 0 Å². The number of nitrogens with one attached hydrogen (secondary N) is 2. The van der Waals surface area contributed by atoms with Gasteiger partial charge in [0.25, 0.3) is 5.79 Å². The zero-order valence-corrected chi connectivity index (χ0v) is 15.4. The molecule has 3 aliphatic rings. The zero-order chi connectivity index (χ0) is 19.1. The third kappa shape index (κ3) is 3.20. The molecule has 150 valence electrons. The van der Waals surface area contributed by atoms with E-state index in [1.54, 1.807) is 14.1 Å². The number of hydrogen-bond donors (Lipinski definition) is 5. The van der Waals surface area contributed by atoms with E-state index in [0.717, 1.165) is 12.8 Å². The molecule has 9 heteroatoms. The quantitative estimate of drug-likeness (QED) is 0.380. The van der Waals surface area contributed by atoms with E-state index in [0.29, 0.717) is 6.42 Å². The van der Waals surface area contributed by atoms with Crippen LogP contribution < -0.4 is 10.6 Å². The van der Waals surface area contributed by atoms with E-state index in [1.807, 2.05) is 6.92 Å². The Morgan fingerprint density at radius 3 is 2.42 bits per heavy atom. The largest absolute Gasteiger partial charge is 0.390 e. The van der Waals surface area contributed by atoms with Gasteiger partial charge in [0, 0.05) is 6.42 Å². The van der Waals surface area contributed by atoms with E-state index < -0.39 is 54.4 Å². The number of carbonyl (C=O) groups excluding carboxylic acids is 1. The maximum Gasteiger partial charge on any atom is 0.280 e. The summed E-state index contributed by atoms with van der Waals surface area (Å²) in [7, 11) is 3.26. The van der Waals surface area contributed by atoms with Crippen LogP contribution in [0.2, 0.25) is 0 Å². The Balaban J connectivity index is 1.84. The summed E-state index contributed by atoms with van der Waals surface area (Å²) in [6.45, 7) is 2.05. The molecule has 9 nitrogen and oxygen atoms in total. The Bertz CT molecular complexity index is 521. The number of ketones is 1. The van der Waals surface area contributed by atoms with Crippen LogP contribution in [0.15, 0.2) is 0 Å². The van der Waals surface area contributed by atoms with Gasteiger partial charge in [-0.15, -0.1) is 0 Å². The minimum Gasteiger partial charge on any atom is -0.390 e. The fourth-order valence-electron chi connectivity index (χ4n) is 4.19. The first kappa shape index (κ1) is 20.1. The number of aliphatic hydroxyl groups excluding tert-OH is 2. The molecule has 0 spiro atoms. The molecule has 2 saturated heterocycles. The SMILES string of the molecule is CCCCC1CC(=O)C2(O)OC3C(NC)C(O)C(NC)C(O)C3OC2O1. The predicted octanol–water partition coefficient (Wildman–Crippen LogP) is -1.76. The summed E-state index contributed by atoms with van der Waals surface area (Å²) in [4.78, 5) is 12.6. The highest BCUT2D eigenvalue weighted by Crippen LogP contribution is 2.40. The topological polar surface area (TPSA) is 130 Å². The second-order valence-electron chi connectivity index (χ2n) is 7.35. The van der Waals surface area contributed by atoms with Crippen molar-refractivity contribution in [2.45, 2.75) is 87.3 Å². The van der Waals surface area contributed by atoms with Crippen LogP contribution in [0.3, 0.4) is 0 Å². The molecule has 2 heterocycles. The molecule has 0 aromatic heterocycles. The van der Waals surface area contributed by atoms with Crippen LogP contribution in [0, 0.1) is 0 Å². The van der Waals surface area contributed by atoms with Gasteiger partial charge < -0.3 is 40.2 Å². The first-order valence-electron chi connectivity index (χ1n) is 9.32. The highest BCUT2D eigenvalue weighted by molar-refractivity contribution is 5.87. The predicted molar refractivity (Wildman–Crippen MR) is 90.2 cm³/mol. The summed E-state index contributed by atoms with van der Waals surface area (Å²) in [5, 5.41) is 37.8. The van der Waals surface area contributed by atoms with Crippen LogP contribution in [0.25, 0.3) is 0 Å². The minimum atomic E-state index is -2.23. The average molecular weight is 374 g/mol. The van der Waals surface area contributed by atoms with Crippen molar-refractivity contribution in [3.8, 4) is 0 Å². The van der Waals surface area contributed by atoms with Gasteiger partial charge in [-0.3, -0.25) is 4.79 Å². The van der Waals surface area contributed by atoms with Crippen LogP contribution in [0.1, 0.15) is 32.6 Å². The van der Waals surface area contributed by atoms with Gasteiger partial charge in [0.05, 0.1) is 24.3 Å². The summed E-state index contributed by atoms with van der Waals surface area (Å²) in [6.07, 6.45) is -2.92. The lowest BCUT2D eigenvalue weighted by Crippen LogP contribution is -2.77. The number of carbonyl (C=O) groups is 1. The molecule has 0 aromatic rings. The van der Waals surface area contributed by atoms with Gasteiger partial charge in [-0.2, -0.15) is 0 Å². The van der Waals surface area contributed by atoms with Crippen molar-refractivity contribution in [3.05, 3.63) is 0 Å². The second-order valence-corrected chi connectivity index (χ2v) is 7.35. The number of unbranched alkanes of at least 4 members (excludes halogenated alkanes) is 1. The van der Waals surface area contributed by atoms with Crippen molar-refractivity contribution in [1.82, 2.24) is 10.6 Å². The number of likely N-dealkylation sites (N-methyl/N-ethyl adjacent to an activating group) is 2. The maximum absolute atomic E-state index is 12.6. The first-order valence-corrected chi connectivity index (χ1v) is 9.32. The lowest BCUT2D eigenvalue weighted by Gasteiger charge is -2.55. The molecule has 5 N–H and O–H groups in total. The number of aliphatic hydroxyl groups is 3. The Hall–Kier alpha value is -0.650. The molecule has 9 atom stereocenters. The average Bonchev–Trinajstić information content (AvgIpc) is 2.61. The van der Waals surface area contributed by atoms with E-state index in [2.05, 4.69) is 10.6 Å². The first-order chi connectivity index (χ1) is 12.4. The Labute approximate surface area is 153 Å². The van der Waals surface area contributed by atoms with E-state index in [9.17, 15) is 20.1 Å². The number of rotatable bonds is 5. The van der Waals surface area contributed by atoms with Gasteiger partial charge in [0.2, 0.25) is 6.29 Å². The lowest BCUT2D eigenvalue weighted by molar-refractivity contribution is -0.421. The van der Waals surface area contributed by atoms with Crippen LogP contribution in [-0.2, 0) is 19.0 Å². The molecule has 3 fully saturated rings. The molecule has 3 rings (SSSR count). The van der Waals surface area contributed by atoms with Gasteiger partial charge in [0.15, 0.2) is 5.78 Å². The van der Waals surface area contributed by atoms with Gasteiger partial charge in [0.1, 0.15) is 18.3 Å². The molecule has 0 radical (unpaired) electrons. The minimum absolute atomic E-state index is 0.0439. The van der Waals surface area contributed by atoms with Gasteiger partial charge in [-0.1, -0.05) is 19.8 Å². The second kappa shape index (κ2) is 7.76. The van der Waals surface area contributed by atoms with Crippen molar-refractivity contribution >= 4 is 5.78 Å². The Morgan fingerprint density at radius 1 is 1.12 bits per heavy atom. The molecular formula is C17H30N2O7. The summed E-state index contributed by atoms with van der Waals surface area (Å²) in [6, 6.07) is -1.30. The van der Waals surface area contributed by atoms with Crippen molar-refractivity contribution < 1.29 is 34.3 Å². The Kier molecular flexibility index (Phi) is 6.00. The van der Waals surface area contributed by atoms with Crippen molar-refractivity contribution in [3.63, 3.8) is 0 Å². The monoisotopic (exact) mass is 374 g/mol. The number of ether oxygens (including phenoxy) is 3. The maximum atomic E-state index is 12.6. The summed E-state index contributed by atoms with van der Waals surface area (Å²) < 4.78 is 17.4. The third-order valence-corrected chi connectivity index (χ3v) is 5.71. The fourth-order valence-corrected chi connectivity index (χ4v) is 4.19. The van der Waals surface area contributed by atoms with Crippen LogP contribution in [0.4, 0.5) is 0 Å². The van der Waals surface area contributed by atoms with Gasteiger partial charge in [-0.25, -0.2) is 0 Å². The third-order valence-electron chi connectivity index (χ3n) is 5.71. The van der Waals surface area contributed by atoms with Crippen LogP contribution in [0.5, 0.6) is 0 Å². The van der Waals surface area contributed by atoms with Crippen LogP contribution >= 0.6 is 0 Å². The molecule has 0 amide bonds. The van der Waals surface area contributed by atoms with E-state index in [1.165, 1.54) is 0 Å². The molecule has 0 bridgehead atoms. The number of fused-ring (bicyclic) bond motifs is 2. The molecule has 2 aliphatic heterocycles. The van der Waals surface area contributed by atoms with E-state index in [-0.39, 0.29) is 12.5 Å². The molecular weight excluding hydrogens is 344 g/mol. The Morgan fingerprint density at radius 2 is 1.81 bits per heavy atom. The summed E-state index contributed by atoms with van der Waals surface area (Å²) in [5.41, 5.74) is 0. The molecule has 1 saturated carbocycles. The summed E-state index contributed by atoms with van der Waals surface area (Å²) in [5.74, 6) is -2.73. The van der Waals surface area contributed by atoms with E-state index >= 15 is 0 Å². The smallest absolute Gasteiger partial charge is 0.280 e. The fraction of sp³-hybridized carbons (Fsp3) is 0.941. The van der Waals surface area contributed by atoms with Crippen molar-refractivity contribution in [2.24, 2.45) is 0 Å². The highest BCUT2D eigenvalue weighted by Gasteiger charge is 2.63. The molecule has 0 aromatic carbocycles. The van der Waals surface area contributed by atoms with E-state index in [4.69, 9.17) is 14.2 Å². The standard InChI is InChI=1S/C17H30N2O7/c1-4-5-6-8-7-9(20)17(23)16(24-8)25-15-13(22)10(18-2)12(21)11(19-3)14(15)26-17/h8,10-16,18-19,21-23H,4-7H2,1-3H3. The lowest BCUT2D eigenvalue weighted by atomic mass is 9.80. The number of Topliss-reactive ketones (excluding diaryl/α,β-unsaturated/α-hetero) is 1. The van der Waals surface area contributed by atoms with Crippen LogP contribution in [-0.4, -0.2) is 89.9 Å². The van der Waals surface area contributed by atoms with Gasteiger partial charge >= 0.3 is 0 Å². The summed E-state index contributed by atoms with van der Waals surface area (Å²) >= 11 is 0. The molecule has 26 heavy (non-hydrogen) atoms. The normalized spacial score (nSPS) is 48.8. The number of hydrogen-bond acceptors (Lipinski definition) is 9.